The number of imidazole rings is 1. The number of alkyl halides is 3. The van der Waals surface area contributed by atoms with Crippen molar-refractivity contribution in [3.05, 3.63) is 41.7 Å². The Balaban J connectivity index is 1.67. The van der Waals surface area contributed by atoms with E-state index in [0.29, 0.717) is 11.4 Å². The van der Waals surface area contributed by atoms with Gasteiger partial charge in [0.2, 0.25) is 0 Å². The summed E-state index contributed by atoms with van der Waals surface area (Å²) in [4.78, 5) is 16.0. The summed E-state index contributed by atoms with van der Waals surface area (Å²) < 4.78 is 38.1. The maximum atomic E-state index is 12.7. The summed E-state index contributed by atoms with van der Waals surface area (Å²) in [7, 11) is 2.12. The van der Waals surface area contributed by atoms with Crippen molar-refractivity contribution in [2.24, 2.45) is 0 Å². The molecule has 3 aromatic rings. The van der Waals surface area contributed by atoms with Crippen LogP contribution in [0.15, 0.2) is 30.5 Å². The molecule has 1 fully saturated rings. The van der Waals surface area contributed by atoms with Gasteiger partial charge in [0.25, 0.3) is 0 Å². The normalized spacial score (nSPS) is 16.3. The number of anilines is 1. The second kappa shape index (κ2) is 6.53. The van der Waals surface area contributed by atoms with Gasteiger partial charge in [-0.15, -0.1) is 0 Å². The number of aromatic amines is 1. The molecule has 3 heterocycles. The summed E-state index contributed by atoms with van der Waals surface area (Å²) in [6, 6.07) is 6.54. The van der Waals surface area contributed by atoms with Gasteiger partial charge in [0, 0.05) is 43.6 Å². The SMILES string of the molecule is Cc1cc(N2CCN(C)CC2)cc2[nH]c(-c3ccc(C(F)(F)F)nc3)nc12. The van der Waals surface area contributed by atoms with E-state index in [1.165, 1.54) is 12.3 Å². The van der Waals surface area contributed by atoms with Crippen LogP contribution in [-0.2, 0) is 6.18 Å². The van der Waals surface area contributed by atoms with Crippen LogP contribution in [0.2, 0.25) is 0 Å². The molecule has 1 aromatic carbocycles. The molecular formula is C19H20F3N5. The Morgan fingerprint density at radius 2 is 1.81 bits per heavy atom. The number of pyridine rings is 1. The van der Waals surface area contributed by atoms with Gasteiger partial charge in [0.15, 0.2) is 0 Å². The maximum absolute atomic E-state index is 12.7. The van der Waals surface area contributed by atoms with Crippen molar-refractivity contribution >= 4 is 16.7 Å². The minimum atomic E-state index is -4.44. The summed E-state index contributed by atoms with van der Waals surface area (Å²) in [5.41, 5.74) is 3.48. The number of rotatable bonds is 2. The van der Waals surface area contributed by atoms with Crippen molar-refractivity contribution in [3.8, 4) is 11.4 Å². The van der Waals surface area contributed by atoms with E-state index >= 15 is 0 Å². The van der Waals surface area contributed by atoms with Crippen LogP contribution >= 0.6 is 0 Å². The molecule has 0 amide bonds. The molecule has 0 atom stereocenters. The smallest absolute Gasteiger partial charge is 0.369 e. The lowest BCUT2D eigenvalue weighted by Crippen LogP contribution is -2.44. The van der Waals surface area contributed by atoms with Crippen LogP contribution in [0.1, 0.15) is 11.3 Å². The average Bonchev–Trinajstić information content (AvgIpc) is 3.06. The molecule has 8 heteroatoms. The number of hydrogen-bond acceptors (Lipinski definition) is 4. The summed E-state index contributed by atoms with van der Waals surface area (Å²) in [6.07, 6.45) is -3.24. The van der Waals surface area contributed by atoms with Crippen LogP contribution in [0.5, 0.6) is 0 Å². The number of H-pyrrole nitrogens is 1. The molecule has 1 aliphatic rings. The minimum absolute atomic E-state index is 0.518. The predicted octanol–water partition coefficient (Wildman–Crippen LogP) is 3.70. The molecule has 0 spiro atoms. The molecule has 0 unspecified atom stereocenters. The number of piperazine rings is 1. The second-order valence-electron chi connectivity index (χ2n) is 6.96. The van der Waals surface area contributed by atoms with Gasteiger partial charge in [-0.2, -0.15) is 13.2 Å². The number of aromatic nitrogens is 3. The molecule has 142 valence electrons. The predicted molar refractivity (Wildman–Crippen MR) is 98.8 cm³/mol. The molecule has 0 saturated carbocycles. The molecule has 1 N–H and O–H groups in total. The van der Waals surface area contributed by atoms with E-state index in [2.05, 4.69) is 43.9 Å². The highest BCUT2D eigenvalue weighted by Crippen LogP contribution is 2.30. The van der Waals surface area contributed by atoms with Crippen molar-refractivity contribution in [2.45, 2.75) is 13.1 Å². The lowest BCUT2D eigenvalue weighted by atomic mass is 10.1. The van der Waals surface area contributed by atoms with E-state index in [9.17, 15) is 13.2 Å². The molecule has 0 radical (unpaired) electrons. The van der Waals surface area contributed by atoms with Crippen LogP contribution in [-0.4, -0.2) is 53.1 Å². The van der Waals surface area contributed by atoms with Crippen molar-refractivity contribution in [1.82, 2.24) is 19.9 Å². The van der Waals surface area contributed by atoms with Crippen molar-refractivity contribution in [2.75, 3.05) is 38.1 Å². The number of nitrogens with zero attached hydrogens (tertiary/aromatic N) is 4. The average molecular weight is 375 g/mol. The van der Waals surface area contributed by atoms with E-state index in [0.717, 1.165) is 54.5 Å². The van der Waals surface area contributed by atoms with Crippen LogP contribution < -0.4 is 4.90 Å². The first kappa shape index (κ1) is 17.8. The zero-order chi connectivity index (χ0) is 19.2. The molecule has 4 rings (SSSR count). The third kappa shape index (κ3) is 3.49. The first-order valence-corrected chi connectivity index (χ1v) is 8.79. The van der Waals surface area contributed by atoms with Gasteiger partial charge in [-0.3, -0.25) is 4.98 Å². The second-order valence-corrected chi connectivity index (χ2v) is 6.96. The van der Waals surface area contributed by atoms with Crippen molar-refractivity contribution in [3.63, 3.8) is 0 Å². The fourth-order valence-corrected chi connectivity index (χ4v) is 3.36. The van der Waals surface area contributed by atoms with Gasteiger partial charge in [0.05, 0.1) is 11.0 Å². The van der Waals surface area contributed by atoms with Gasteiger partial charge < -0.3 is 14.8 Å². The van der Waals surface area contributed by atoms with E-state index in [1.807, 2.05) is 6.92 Å². The summed E-state index contributed by atoms with van der Waals surface area (Å²) in [5, 5.41) is 0. The number of fused-ring (bicyclic) bond motifs is 1. The lowest BCUT2D eigenvalue weighted by molar-refractivity contribution is -0.141. The standard InChI is InChI=1S/C19H20F3N5/c1-12-9-14(27-7-5-26(2)6-8-27)10-15-17(12)25-18(24-15)13-3-4-16(23-11-13)19(20,21)22/h3-4,9-11H,5-8H2,1-2H3,(H,24,25). The van der Waals surface area contributed by atoms with Gasteiger partial charge in [-0.1, -0.05) is 0 Å². The first-order valence-electron chi connectivity index (χ1n) is 8.79. The van der Waals surface area contributed by atoms with Gasteiger partial charge in [-0.05, 0) is 43.8 Å². The molecule has 5 nitrogen and oxygen atoms in total. The van der Waals surface area contributed by atoms with Crippen LogP contribution in [0.25, 0.3) is 22.4 Å². The monoisotopic (exact) mass is 375 g/mol. The van der Waals surface area contributed by atoms with Gasteiger partial charge in [0.1, 0.15) is 11.5 Å². The zero-order valence-corrected chi connectivity index (χ0v) is 15.1. The largest absolute Gasteiger partial charge is 0.433 e. The topological polar surface area (TPSA) is 48.0 Å². The lowest BCUT2D eigenvalue weighted by Gasteiger charge is -2.34. The summed E-state index contributed by atoms with van der Waals surface area (Å²) in [6.45, 7) is 5.96. The molecular weight excluding hydrogens is 355 g/mol. The number of hydrogen-bond donors (Lipinski definition) is 1. The zero-order valence-electron chi connectivity index (χ0n) is 15.1. The molecule has 0 bridgehead atoms. The minimum Gasteiger partial charge on any atom is -0.369 e. The molecule has 0 aliphatic carbocycles. The highest BCUT2D eigenvalue weighted by Gasteiger charge is 2.32. The number of aryl methyl sites for hydroxylation is 1. The Kier molecular flexibility index (Phi) is 4.30. The van der Waals surface area contributed by atoms with Crippen molar-refractivity contribution < 1.29 is 13.2 Å². The first-order chi connectivity index (χ1) is 12.8. The van der Waals surface area contributed by atoms with E-state index in [1.54, 1.807) is 0 Å². The van der Waals surface area contributed by atoms with E-state index in [-0.39, 0.29) is 0 Å². The third-order valence-corrected chi connectivity index (χ3v) is 4.96. The molecule has 1 saturated heterocycles. The van der Waals surface area contributed by atoms with Crippen LogP contribution in [0.4, 0.5) is 18.9 Å². The molecule has 2 aromatic heterocycles. The fourth-order valence-electron chi connectivity index (χ4n) is 3.36. The van der Waals surface area contributed by atoms with Crippen molar-refractivity contribution in [1.29, 1.82) is 0 Å². The fraction of sp³-hybridized carbons (Fsp3) is 0.368. The Labute approximate surface area is 154 Å². The van der Waals surface area contributed by atoms with Gasteiger partial charge >= 0.3 is 6.18 Å². The molecule has 1 aliphatic heterocycles. The number of benzene rings is 1. The Morgan fingerprint density at radius 3 is 2.44 bits per heavy atom. The van der Waals surface area contributed by atoms with E-state index in [4.69, 9.17) is 0 Å². The summed E-state index contributed by atoms with van der Waals surface area (Å²) >= 11 is 0. The van der Waals surface area contributed by atoms with E-state index < -0.39 is 11.9 Å². The Hall–Kier alpha value is -2.61. The highest BCUT2D eigenvalue weighted by atomic mass is 19.4. The highest BCUT2D eigenvalue weighted by molar-refractivity contribution is 5.85. The Bertz CT molecular complexity index is 954. The molecule has 27 heavy (non-hydrogen) atoms. The van der Waals surface area contributed by atoms with Crippen LogP contribution in [0.3, 0.4) is 0 Å². The number of halogens is 3. The quantitative estimate of drug-likeness (QED) is 0.742. The summed E-state index contributed by atoms with van der Waals surface area (Å²) in [5.74, 6) is 0.518. The third-order valence-electron chi connectivity index (χ3n) is 4.96. The number of nitrogens with one attached hydrogen (secondary N) is 1. The van der Waals surface area contributed by atoms with Gasteiger partial charge in [-0.25, -0.2) is 4.98 Å². The maximum Gasteiger partial charge on any atom is 0.433 e. The van der Waals surface area contributed by atoms with Crippen LogP contribution in [0, 0.1) is 6.92 Å². The Morgan fingerprint density at radius 1 is 1.07 bits per heavy atom. The number of likely N-dealkylation sites (N-methyl/N-ethyl adjacent to an activating group) is 1.